The fourth-order valence-electron chi connectivity index (χ4n) is 2.05. The van der Waals surface area contributed by atoms with Gasteiger partial charge >= 0.3 is 0 Å². The molecule has 1 heterocycles. The molecule has 0 amide bonds. The van der Waals surface area contributed by atoms with Gasteiger partial charge in [0.15, 0.2) is 0 Å². The Kier molecular flexibility index (Phi) is 2.41. The van der Waals surface area contributed by atoms with Crippen molar-refractivity contribution in [3.63, 3.8) is 0 Å². The van der Waals surface area contributed by atoms with E-state index in [1.165, 1.54) is 0 Å². The summed E-state index contributed by atoms with van der Waals surface area (Å²) < 4.78 is 1.95. The first-order chi connectivity index (χ1) is 7.04. The Bertz CT molecular complexity index is 375. The van der Waals surface area contributed by atoms with E-state index in [4.69, 9.17) is 0 Å². The van der Waals surface area contributed by atoms with Gasteiger partial charge in [0.05, 0.1) is 11.6 Å². The summed E-state index contributed by atoms with van der Waals surface area (Å²) in [7, 11) is 0. The maximum absolute atomic E-state index is 11.5. The van der Waals surface area contributed by atoms with Crippen LogP contribution >= 0.6 is 0 Å². The maximum Gasteiger partial charge on any atom is 0.140 e. The molecule has 0 atom stereocenters. The van der Waals surface area contributed by atoms with E-state index >= 15 is 0 Å². The van der Waals surface area contributed by atoms with Crippen LogP contribution in [0.3, 0.4) is 0 Å². The molecule has 2 rings (SSSR count). The molecular weight excluding hydrogens is 188 g/mol. The summed E-state index contributed by atoms with van der Waals surface area (Å²) in [6, 6.07) is 0. The average Bonchev–Trinajstić information content (AvgIpc) is 2.83. The van der Waals surface area contributed by atoms with E-state index < -0.39 is 0 Å². The minimum atomic E-state index is -0.171. The van der Waals surface area contributed by atoms with Crippen LogP contribution in [0.4, 0.5) is 0 Å². The van der Waals surface area contributed by atoms with Crippen LogP contribution in [-0.4, -0.2) is 15.6 Å². The molecule has 0 N–H and O–H groups in total. The summed E-state index contributed by atoms with van der Waals surface area (Å²) >= 11 is 0. The number of hydrogen-bond donors (Lipinski definition) is 0. The zero-order chi connectivity index (χ0) is 11.1. The van der Waals surface area contributed by atoms with Crippen molar-refractivity contribution in [2.75, 3.05) is 0 Å². The lowest BCUT2D eigenvalue weighted by atomic mass is 9.95. The van der Waals surface area contributed by atoms with Crippen molar-refractivity contribution >= 4 is 5.78 Å². The van der Waals surface area contributed by atoms with Crippen molar-refractivity contribution in [1.29, 1.82) is 0 Å². The lowest BCUT2D eigenvalue weighted by Crippen LogP contribution is -2.16. The minimum absolute atomic E-state index is 0.171. The predicted molar refractivity (Wildman–Crippen MR) is 58.7 cm³/mol. The molecule has 1 aromatic rings. The number of rotatable bonds is 4. The highest BCUT2D eigenvalue weighted by Gasteiger charge is 2.49. The Hall–Kier alpha value is -1.12. The number of aromatic nitrogens is 2. The van der Waals surface area contributed by atoms with Gasteiger partial charge in [-0.05, 0) is 25.7 Å². The van der Waals surface area contributed by atoms with Crippen molar-refractivity contribution in [2.45, 2.75) is 45.6 Å². The van der Waals surface area contributed by atoms with E-state index in [0.717, 1.165) is 24.9 Å². The van der Waals surface area contributed by atoms with Gasteiger partial charge in [-0.2, -0.15) is 5.10 Å². The summed E-state index contributed by atoms with van der Waals surface area (Å²) in [5.74, 6) is 0.872. The average molecular weight is 206 g/mol. The van der Waals surface area contributed by atoms with Crippen LogP contribution in [0.5, 0.6) is 0 Å². The van der Waals surface area contributed by atoms with Crippen molar-refractivity contribution in [3.8, 4) is 0 Å². The molecule has 1 aromatic heterocycles. The normalized spacial score (nSPS) is 18.1. The van der Waals surface area contributed by atoms with Crippen molar-refractivity contribution in [2.24, 2.45) is 5.92 Å². The van der Waals surface area contributed by atoms with Crippen LogP contribution < -0.4 is 0 Å². The van der Waals surface area contributed by atoms with Crippen molar-refractivity contribution < 1.29 is 4.79 Å². The monoisotopic (exact) mass is 206 g/mol. The molecule has 0 radical (unpaired) electrons. The SMILES string of the molecule is CC(=O)C1(c2cnn(CC(C)C)c2)CC1. The first-order valence-corrected chi connectivity index (χ1v) is 5.58. The first-order valence-electron chi connectivity index (χ1n) is 5.58. The van der Waals surface area contributed by atoms with Crippen LogP contribution in [0.2, 0.25) is 0 Å². The summed E-state index contributed by atoms with van der Waals surface area (Å²) in [4.78, 5) is 11.5. The van der Waals surface area contributed by atoms with E-state index in [-0.39, 0.29) is 11.2 Å². The Morgan fingerprint density at radius 3 is 2.73 bits per heavy atom. The van der Waals surface area contributed by atoms with E-state index in [1.807, 2.05) is 17.1 Å². The summed E-state index contributed by atoms with van der Waals surface area (Å²) in [5.41, 5.74) is 0.936. The third-order valence-electron chi connectivity index (χ3n) is 3.16. The second-order valence-electron chi connectivity index (χ2n) is 4.98. The Morgan fingerprint density at radius 2 is 2.27 bits per heavy atom. The largest absolute Gasteiger partial charge is 0.299 e. The highest BCUT2D eigenvalue weighted by atomic mass is 16.1. The van der Waals surface area contributed by atoms with Gasteiger partial charge in [0.1, 0.15) is 5.78 Å². The van der Waals surface area contributed by atoms with Crippen LogP contribution in [-0.2, 0) is 16.8 Å². The highest BCUT2D eigenvalue weighted by molar-refractivity contribution is 5.90. The van der Waals surface area contributed by atoms with Crippen LogP contribution in [0.1, 0.15) is 39.2 Å². The molecule has 3 nitrogen and oxygen atoms in total. The molecule has 0 bridgehead atoms. The van der Waals surface area contributed by atoms with Gasteiger partial charge < -0.3 is 0 Å². The quantitative estimate of drug-likeness (QED) is 0.756. The fourth-order valence-corrected chi connectivity index (χ4v) is 2.05. The van der Waals surface area contributed by atoms with Gasteiger partial charge in [-0.3, -0.25) is 9.48 Å². The van der Waals surface area contributed by atoms with E-state index in [2.05, 4.69) is 18.9 Å². The van der Waals surface area contributed by atoms with E-state index in [0.29, 0.717) is 5.92 Å². The maximum atomic E-state index is 11.5. The molecule has 82 valence electrons. The van der Waals surface area contributed by atoms with Crippen LogP contribution in [0.15, 0.2) is 12.4 Å². The molecule has 1 aliphatic rings. The smallest absolute Gasteiger partial charge is 0.140 e. The van der Waals surface area contributed by atoms with Crippen molar-refractivity contribution in [1.82, 2.24) is 9.78 Å². The summed E-state index contributed by atoms with van der Waals surface area (Å²) in [5, 5.41) is 4.31. The number of Topliss-reactive ketones (excluding diaryl/α,β-unsaturated/α-hetero) is 1. The molecule has 15 heavy (non-hydrogen) atoms. The van der Waals surface area contributed by atoms with Gasteiger partial charge in [0, 0.05) is 18.3 Å². The lowest BCUT2D eigenvalue weighted by Gasteiger charge is -2.07. The van der Waals surface area contributed by atoms with E-state index in [1.54, 1.807) is 6.92 Å². The number of ketones is 1. The molecule has 1 saturated carbocycles. The number of nitrogens with zero attached hydrogens (tertiary/aromatic N) is 2. The molecule has 1 aliphatic carbocycles. The lowest BCUT2D eigenvalue weighted by molar-refractivity contribution is -0.119. The molecule has 0 spiro atoms. The molecule has 0 saturated heterocycles. The first kappa shape index (κ1) is 10.4. The number of hydrogen-bond acceptors (Lipinski definition) is 2. The summed E-state index contributed by atoms with van der Waals surface area (Å²) in [6.45, 7) is 6.94. The Labute approximate surface area is 90.5 Å². The topological polar surface area (TPSA) is 34.9 Å². The zero-order valence-corrected chi connectivity index (χ0v) is 9.66. The fraction of sp³-hybridized carbons (Fsp3) is 0.667. The van der Waals surface area contributed by atoms with Crippen LogP contribution in [0, 0.1) is 5.92 Å². The molecule has 0 aromatic carbocycles. The standard InChI is InChI=1S/C12H18N2O/c1-9(2)7-14-8-11(6-13-14)12(4-5-12)10(3)15/h6,8-9H,4-5,7H2,1-3H3. The Morgan fingerprint density at radius 1 is 1.60 bits per heavy atom. The molecule has 0 unspecified atom stereocenters. The van der Waals surface area contributed by atoms with Gasteiger partial charge in [0.25, 0.3) is 0 Å². The second kappa shape index (κ2) is 3.47. The Balaban J connectivity index is 2.17. The van der Waals surface area contributed by atoms with Gasteiger partial charge in [-0.1, -0.05) is 13.8 Å². The highest BCUT2D eigenvalue weighted by Crippen LogP contribution is 2.48. The second-order valence-corrected chi connectivity index (χ2v) is 4.98. The number of carbonyl (C=O) groups is 1. The number of carbonyl (C=O) groups excluding carboxylic acids is 1. The third kappa shape index (κ3) is 1.83. The van der Waals surface area contributed by atoms with Gasteiger partial charge in [-0.15, -0.1) is 0 Å². The zero-order valence-electron chi connectivity index (χ0n) is 9.66. The predicted octanol–water partition coefficient (Wildman–Crippen LogP) is 2.16. The molecule has 0 aliphatic heterocycles. The molecular formula is C12H18N2O. The van der Waals surface area contributed by atoms with Crippen LogP contribution in [0.25, 0.3) is 0 Å². The molecule has 1 fully saturated rings. The summed E-state index contributed by atoms with van der Waals surface area (Å²) in [6.07, 6.45) is 5.89. The molecule has 3 heteroatoms. The van der Waals surface area contributed by atoms with Gasteiger partial charge in [-0.25, -0.2) is 0 Å². The van der Waals surface area contributed by atoms with E-state index in [9.17, 15) is 4.79 Å². The van der Waals surface area contributed by atoms with Gasteiger partial charge in [0.2, 0.25) is 0 Å². The van der Waals surface area contributed by atoms with Crippen molar-refractivity contribution in [3.05, 3.63) is 18.0 Å². The third-order valence-corrected chi connectivity index (χ3v) is 3.16. The minimum Gasteiger partial charge on any atom is -0.299 e.